The summed E-state index contributed by atoms with van der Waals surface area (Å²) in [4.78, 5) is 30.3. The van der Waals surface area contributed by atoms with Crippen LogP contribution in [0.2, 0.25) is 0 Å². The summed E-state index contributed by atoms with van der Waals surface area (Å²) in [5.41, 5.74) is 0.589. The van der Waals surface area contributed by atoms with Crippen LogP contribution in [0.5, 0.6) is 0 Å². The highest BCUT2D eigenvalue weighted by atomic mass is 32.2. The van der Waals surface area contributed by atoms with E-state index in [0.29, 0.717) is 47.9 Å². The lowest BCUT2D eigenvalue weighted by atomic mass is 10.2. The van der Waals surface area contributed by atoms with E-state index >= 15 is 0 Å². The molecule has 5 rings (SSSR count). The maximum absolute atomic E-state index is 13.5. The normalized spacial score (nSPS) is 19.5. The average molecular weight is 472 g/mol. The van der Waals surface area contributed by atoms with Crippen LogP contribution >= 0.6 is 11.8 Å². The maximum Gasteiger partial charge on any atom is 0.319 e. The molecule has 8 nitrogen and oxygen atoms in total. The van der Waals surface area contributed by atoms with Gasteiger partial charge in [0.25, 0.3) is 5.56 Å². The number of cyclic esters (lactones) is 1. The fourth-order valence-electron chi connectivity index (χ4n) is 3.99. The first-order chi connectivity index (χ1) is 15.4. The number of rotatable bonds is 5. The molecular weight excluding hydrogens is 450 g/mol. The minimum absolute atomic E-state index is 0.133. The molecule has 0 saturated carbocycles. The Kier molecular flexibility index (Phi) is 5.52. The Morgan fingerprint density at radius 3 is 2.56 bits per heavy atom. The van der Waals surface area contributed by atoms with E-state index in [9.17, 15) is 18.0 Å². The number of fused-ring (bicyclic) bond motifs is 1. The van der Waals surface area contributed by atoms with Crippen molar-refractivity contribution < 1.29 is 17.9 Å². The van der Waals surface area contributed by atoms with E-state index in [1.165, 1.54) is 32.8 Å². The van der Waals surface area contributed by atoms with Crippen LogP contribution in [0.15, 0.2) is 63.4 Å². The first-order valence-electron chi connectivity index (χ1n) is 10.4. The molecule has 0 aliphatic carbocycles. The van der Waals surface area contributed by atoms with Crippen LogP contribution in [0.4, 0.5) is 0 Å². The van der Waals surface area contributed by atoms with Crippen molar-refractivity contribution in [3.05, 3.63) is 58.9 Å². The number of ether oxygens (including phenoxy) is 1. The van der Waals surface area contributed by atoms with Gasteiger partial charge in [-0.25, -0.2) is 13.4 Å². The van der Waals surface area contributed by atoms with Crippen LogP contribution in [-0.4, -0.2) is 53.2 Å². The monoisotopic (exact) mass is 471 g/mol. The predicted molar refractivity (Wildman–Crippen MR) is 121 cm³/mol. The summed E-state index contributed by atoms with van der Waals surface area (Å²) < 4.78 is 34.1. The van der Waals surface area contributed by atoms with Gasteiger partial charge in [0.1, 0.15) is 5.25 Å². The number of sulfonamides is 1. The third-order valence-corrected chi connectivity index (χ3v) is 8.75. The van der Waals surface area contributed by atoms with E-state index in [4.69, 9.17) is 4.74 Å². The standard InChI is InChI=1S/C22H21N3O5S2/c26-20-17-8-1-2-9-18(17)23-22(31-19-10-13-30-21(19)27)25(20)15-6-5-7-16(14-15)32(28,29)24-11-3-4-12-24/h1-2,5-9,14,19H,3-4,10-13H2/t19-/m1/s1. The van der Waals surface area contributed by atoms with Gasteiger partial charge in [0, 0.05) is 19.5 Å². The maximum atomic E-state index is 13.5. The molecule has 0 unspecified atom stereocenters. The van der Waals surface area contributed by atoms with Gasteiger partial charge in [0.15, 0.2) is 5.16 Å². The SMILES string of the molecule is O=C1OCC[C@H]1Sc1nc2ccccc2c(=O)n1-c1cccc(S(=O)(=O)N2CCCC2)c1. The molecule has 10 heteroatoms. The minimum atomic E-state index is -3.65. The highest BCUT2D eigenvalue weighted by Gasteiger charge is 2.31. The summed E-state index contributed by atoms with van der Waals surface area (Å²) in [6.07, 6.45) is 2.20. The van der Waals surface area contributed by atoms with Gasteiger partial charge in [-0.1, -0.05) is 30.0 Å². The molecule has 1 aromatic heterocycles. The number of benzene rings is 2. The second kappa shape index (κ2) is 8.34. The molecule has 0 radical (unpaired) electrons. The van der Waals surface area contributed by atoms with E-state index in [1.807, 2.05) is 0 Å². The Balaban J connectivity index is 1.66. The molecule has 0 bridgehead atoms. The van der Waals surface area contributed by atoms with Gasteiger partial charge in [-0.2, -0.15) is 4.31 Å². The fraction of sp³-hybridized carbons (Fsp3) is 0.318. The van der Waals surface area contributed by atoms with E-state index in [-0.39, 0.29) is 16.4 Å². The molecule has 32 heavy (non-hydrogen) atoms. The molecule has 2 aromatic carbocycles. The van der Waals surface area contributed by atoms with Crippen molar-refractivity contribution in [3.63, 3.8) is 0 Å². The molecule has 2 aliphatic rings. The van der Waals surface area contributed by atoms with Crippen LogP contribution < -0.4 is 5.56 Å². The van der Waals surface area contributed by atoms with Crippen molar-refractivity contribution in [2.45, 2.75) is 34.6 Å². The van der Waals surface area contributed by atoms with Crippen LogP contribution in [-0.2, 0) is 19.6 Å². The number of carbonyl (C=O) groups is 1. The van der Waals surface area contributed by atoms with Gasteiger partial charge in [0.2, 0.25) is 10.0 Å². The molecular formula is C22H21N3O5S2. The minimum Gasteiger partial charge on any atom is -0.465 e. The van der Waals surface area contributed by atoms with E-state index in [1.54, 1.807) is 36.4 Å². The highest BCUT2D eigenvalue weighted by molar-refractivity contribution is 8.00. The Bertz CT molecular complexity index is 1360. The first-order valence-corrected chi connectivity index (χ1v) is 12.7. The zero-order valence-electron chi connectivity index (χ0n) is 17.1. The van der Waals surface area contributed by atoms with Gasteiger partial charge < -0.3 is 4.74 Å². The first kappa shape index (κ1) is 21.2. The molecule has 2 fully saturated rings. The van der Waals surface area contributed by atoms with Crippen LogP contribution in [0.3, 0.4) is 0 Å². The Morgan fingerprint density at radius 1 is 1.03 bits per heavy atom. The second-order valence-corrected chi connectivity index (χ2v) is 10.8. The van der Waals surface area contributed by atoms with E-state index in [2.05, 4.69) is 4.98 Å². The molecule has 0 N–H and O–H groups in total. The van der Waals surface area contributed by atoms with Gasteiger partial charge in [0.05, 0.1) is 28.1 Å². The van der Waals surface area contributed by atoms with Crippen molar-refractivity contribution >= 4 is 38.7 Å². The molecule has 1 atom stereocenters. The molecule has 0 amide bonds. The third kappa shape index (κ3) is 3.72. The zero-order chi connectivity index (χ0) is 22.3. The van der Waals surface area contributed by atoms with Crippen molar-refractivity contribution in [3.8, 4) is 5.69 Å². The Labute approximate surface area is 189 Å². The molecule has 2 saturated heterocycles. The Hall–Kier alpha value is -2.69. The van der Waals surface area contributed by atoms with Gasteiger partial charge in [-0.05, 0) is 43.2 Å². The molecule has 3 heterocycles. The number of aromatic nitrogens is 2. The summed E-state index contributed by atoms with van der Waals surface area (Å²) >= 11 is 1.17. The summed E-state index contributed by atoms with van der Waals surface area (Å²) in [5, 5.41) is 0.276. The summed E-state index contributed by atoms with van der Waals surface area (Å²) in [7, 11) is -3.65. The second-order valence-electron chi connectivity index (χ2n) is 7.72. The third-order valence-electron chi connectivity index (χ3n) is 5.66. The summed E-state index contributed by atoms with van der Waals surface area (Å²) in [6.45, 7) is 1.32. The van der Waals surface area contributed by atoms with Gasteiger partial charge in [-0.3, -0.25) is 14.2 Å². The molecule has 0 spiro atoms. The average Bonchev–Trinajstić information content (AvgIpc) is 3.47. The summed E-state index contributed by atoms with van der Waals surface area (Å²) in [5.74, 6) is -0.339. The summed E-state index contributed by atoms with van der Waals surface area (Å²) in [6, 6.07) is 13.3. The van der Waals surface area contributed by atoms with E-state index < -0.39 is 15.3 Å². The number of carbonyl (C=O) groups excluding carboxylic acids is 1. The smallest absolute Gasteiger partial charge is 0.319 e. The number of para-hydroxylation sites is 1. The Morgan fingerprint density at radius 2 is 1.81 bits per heavy atom. The fourth-order valence-corrected chi connectivity index (χ4v) is 6.63. The number of thioether (sulfide) groups is 1. The van der Waals surface area contributed by atoms with E-state index in [0.717, 1.165) is 12.8 Å². The number of nitrogens with zero attached hydrogens (tertiary/aromatic N) is 3. The number of hydrogen-bond donors (Lipinski definition) is 0. The van der Waals surface area contributed by atoms with Crippen molar-refractivity contribution in [1.82, 2.24) is 13.9 Å². The topological polar surface area (TPSA) is 98.6 Å². The molecule has 3 aromatic rings. The lowest BCUT2D eigenvalue weighted by Crippen LogP contribution is -2.28. The predicted octanol–water partition coefficient (Wildman–Crippen LogP) is 2.58. The lowest BCUT2D eigenvalue weighted by molar-refractivity contribution is -0.137. The number of hydrogen-bond acceptors (Lipinski definition) is 7. The van der Waals surface area contributed by atoms with Crippen molar-refractivity contribution in [2.75, 3.05) is 19.7 Å². The van der Waals surface area contributed by atoms with Crippen LogP contribution in [0.1, 0.15) is 19.3 Å². The van der Waals surface area contributed by atoms with Gasteiger partial charge in [-0.15, -0.1) is 0 Å². The van der Waals surface area contributed by atoms with Crippen LogP contribution in [0.25, 0.3) is 16.6 Å². The van der Waals surface area contributed by atoms with Crippen LogP contribution in [0, 0.1) is 0 Å². The quantitative estimate of drug-likeness (QED) is 0.417. The van der Waals surface area contributed by atoms with Gasteiger partial charge >= 0.3 is 5.97 Å². The largest absolute Gasteiger partial charge is 0.465 e. The van der Waals surface area contributed by atoms with Crippen molar-refractivity contribution in [1.29, 1.82) is 0 Å². The number of esters is 1. The molecule has 2 aliphatic heterocycles. The molecule has 166 valence electrons. The lowest BCUT2D eigenvalue weighted by Gasteiger charge is -2.18. The highest BCUT2D eigenvalue weighted by Crippen LogP contribution is 2.31. The van der Waals surface area contributed by atoms with Crippen molar-refractivity contribution in [2.24, 2.45) is 0 Å². The zero-order valence-corrected chi connectivity index (χ0v) is 18.8.